The second-order valence-corrected chi connectivity index (χ2v) is 6.70. The Balaban J connectivity index is 1.75. The van der Waals surface area contributed by atoms with Crippen molar-refractivity contribution in [2.24, 2.45) is 16.9 Å². The summed E-state index contributed by atoms with van der Waals surface area (Å²) < 4.78 is 4.70. The van der Waals surface area contributed by atoms with E-state index in [9.17, 15) is 19.2 Å². The number of hydrazone groups is 1. The molecule has 2 atom stereocenters. The number of hydrogen-bond donors (Lipinski definition) is 0. The Bertz CT molecular complexity index is 856. The summed E-state index contributed by atoms with van der Waals surface area (Å²) >= 11 is 0. The molecule has 26 heavy (non-hydrogen) atoms. The van der Waals surface area contributed by atoms with Crippen LogP contribution in [0.15, 0.2) is 29.4 Å². The number of methoxy groups -OCH3 is 1. The highest BCUT2D eigenvalue weighted by molar-refractivity contribution is 6.47. The number of rotatable bonds is 3. The molecule has 8 heteroatoms. The molecule has 3 amide bonds. The standard InChI is InChI=1S/C18H17N3O5/c1-9-3-7-11(8-4-9)20-16(23)12-13(18(25)26-2)19-21(14(12)17(20)24)15(22)10-5-6-10/h3-4,7-8,10,12,14H,5-6H2,1-2H3. The molecule has 0 aromatic heterocycles. The monoisotopic (exact) mass is 355 g/mol. The number of anilines is 1. The molecule has 1 saturated carbocycles. The second-order valence-electron chi connectivity index (χ2n) is 6.70. The smallest absolute Gasteiger partial charge is 0.355 e. The number of aryl methyl sites for hydroxylation is 1. The molecule has 1 saturated heterocycles. The van der Waals surface area contributed by atoms with Crippen LogP contribution in [0, 0.1) is 18.8 Å². The predicted molar refractivity (Wildman–Crippen MR) is 90.0 cm³/mol. The van der Waals surface area contributed by atoms with Gasteiger partial charge in [-0.1, -0.05) is 17.7 Å². The van der Waals surface area contributed by atoms with Crippen molar-refractivity contribution < 1.29 is 23.9 Å². The predicted octanol–water partition coefficient (Wildman–Crippen LogP) is 0.634. The van der Waals surface area contributed by atoms with Crippen molar-refractivity contribution >= 4 is 35.1 Å². The number of hydrogen-bond acceptors (Lipinski definition) is 6. The van der Waals surface area contributed by atoms with Crippen molar-refractivity contribution in [3.8, 4) is 0 Å². The van der Waals surface area contributed by atoms with E-state index in [4.69, 9.17) is 4.74 Å². The molecular weight excluding hydrogens is 338 g/mol. The maximum atomic E-state index is 13.0. The fourth-order valence-corrected chi connectivity index (χ4v) is 3.33. The molecule has 8 nitrogen and oxygen atoms in total. The first-order chi connectivity index (χ1) is 12.4. The minimum Gasteiger partial charge on any atom is -0.464 e. The summed E-state index contributed by atoms with van der Waals surface area (Å²) in [5.41, 5.74) is 1.19. The van der Waals surface area contributed by atoms with Crippen LogP contribution in [-0.2, 0) is 23.9 Å². The van der Waals surface area contributed by atoms with Crippen molar-refractivity contribution in [2.45, 2.75) is 25.8 Å². The molecule has 1 aromatic carbocycles. The minimum absolute atomic E-state index is 0.195. The largest absolute Gasteiger partial charge is 0.464 e. The maximum Gasteiger partial charge on any atom is 0.355 e. The Labute approximate surface area is 149 Å². The summed E-state index contributed by atoms with van der Waals surface area (Å²) in [6.07, 6.45) is 1.44. The van der Waals surface area contributed by atoms with Crippen molar-refractivity contribution in [2.75, 3.05) is 12.0 Å². The quantitative estimate of drug-likeness (QED) is 0.585. The first-order valence-corrected chi connectivity index (χ1v) is 8.38. The molecule has 4 rings (SSSR count). The van der Waals surface area contributed by atoms with Gasteiger partial charge in [-0.2, -0.15) is 5.10 Å². The number of fused-ring (bicyclic) bond motifs is 1. The number of ether oxygens (including phenoxy) is 1. The molecule has 134 valence electrons. The zero-order valence-corrected chi connectivity index (χ0v) is 14.3. The molecule has 0 N–H and O–H groups in total. The van der Waals surface area contributed by atoms with Crippen LogP contribution in [0.1, 0.15) is 18.4 Å². The highest BCUT2D eigenvalue weighted by atomic mass is 16.5. The van der Waals surface area contributed by atoms with Gasteiger partial charge in [0.2, 0.25) is 11.8 Å². The van der Waals surface area contributed by atoms with Gasteiger partial charge in [0.25, 0.3) is 5.91 Å². The Hall–Kier alpha value is -3.03. The molecule has 2 fully saturated rings. The Morgan fingerprint density at radius 1 is 1.12 bits per heavy atom. The molecule has 2 unspecified atom stereocenters. The van der Waals surface area contributed by atoms with Crippen LogP contribution in [-0.4, -0.2) is 47.6 Å². The zero-order chi connectivity index (χ0) is 18.6. The van der Waals surface area contributed by atoms with Gasteiger partial charge in [-0.3, -0.25) is 14.4 Å². The van der Waals surface area contributed by atoms with E-state index < -0.39 is 29.7 Å². The van der Waals surface area contributed by atoms with E-state index in [0.29, 0.717) is 5.69 Å². The second kappa shape index (κ2) is 5.76. The van der Waals surface area contributed by atoms with Crippen LogP contribution < -0.4 is 4.90 Å². The van der Waals surface area contributed by atoms with Gasteiger partial charge in [-0.25, -0.2) is 14.7 Å². The lowest BCUT2D eigenvalue weighted by molar-refractivity contribution is -0.139. The number of benzene rings is 1. The molecular formula is C18H17N3O5. The van der Waals surface area contributed by atoms with Gasteiger partial charge in [-0.15, -0.1) is 0 Å². The van der Waals surface area contributed by atoms with E-state index in [2.05, 4.69) is 5.10 Å². The maximum absolute atomic E-state index is 13.0. The molecule has 0 bridgehead atoms. The van der Waals surface area contributed by atoms with Crippen molar-refractivity contribution in [1.29, 1.82) is 0 Å². The zero-order valence-electron chi connectivity index (χ0n) is 14.3. The first kappa shape index (κ1) is 16.4. The molecule has 2 aliphatic heterocycles. The molecule has 0 spiro atoms. The topological polar surface area (TPSA) is 96.3 Å². The third kappa shape index (κ3) is 2.33. The summed E-state index contributed by atoms with van der Waals surface area (Å²) in [6, 6.07) is 5.77. The normalized spacial score (nSPS) is 24.6. The third-order valence-electron chi connectivity index (χ3n) is 4.89. The SMILES string of the molecule is COC(=O)C1=NN(C(=O)C2CC2)C2C(=O)N(c3ccc(C)cc3)C(=O)C12. The molecule has 1 aliphatic carbocycles. The Morgan fingerprint density at radius 3 is 2.35 bits per heavy atom. The lowest BCUT2D eigenvalue weighted by atomic mass is 9.98. The number of carbonyl (C=O) groups excluding carboxylic acids is 4. The van der Waals surface area contributed by atoms with E-state index in [-0.39, 0.29) is 17.5 Å². The Morgan fingerprint density at radius 2 is 1.77 bits per heavy atom. The Kier molecular flexibility index (Phi) is 3.64. The summed E-state index contributed by atoms with van der Waals surface area (Å²) in [7, 11) is 1.17. The molecule has 1 aromatic rings. The lowest BCUT2D eigenvalue weighted by Gasteiger charge is -2.20. The molecule has 3 aliphatic rings. The van der Waals surface area contributed by atoms with Gasteiger partial charge in [0.1, 0.15) is 5.92 Å². The first-order valence-electron chi connectivity index (χ1n) is 8.38. The molecule has 0 radical (unpaired) electrons. The van der Waals surface area contributed by atoms with Crippen LogP contribution >= 0.6 is 0 Å². The van der Waals surface area contributed by atoms with Crippen LogP contribution in [0.3, 0.4) is 0 Å². The average Bonchev–Trinajstić information content (AvgIpc) is 3.36. The number of esters is 1. The van der Waals surface area contributed by atoms with Crippen LogP contribution in [0.2, 0.25) is 0 Å². The van der Waals surface area contributed by atoms with Gasteiger partial charge in [0.15, 0.2) is 11.8 Å². The van der Waals surface area contributed by atoms with Crippen LogP contribution in [0.25, 0.3) is 0 Å². The number of carbonyl (C=O) groups is 4. The van der Waals surface area contributed by atoms with Crippen LogP contribution in [0.5, 0.6) is 0 Å². The minimum atomic E-state index is -1.13. The van der Waals surface area contributed by atoms with Gasteiger partial charge in [-0.05, 0) is 31.9 Å². The van der Waals surface area contributed by atoms with E-state index in [1.165, 1.54) is 7.11 Å². The highest BCUT2D eigenvalue weighted by Crippen LogP contribution is 2.39. The van der Waals surface area contributed by atoms with Crippen molar-refractivity contribution in [3.05, 3.63) is 29.8 Å². The summed E-state index contributed by atoms with van der Waals surface area (Å²) in [6.45, 7) is 1.89. The summed E-state index contributed by atoms with van der Waals surface area (Å²) in [5, 5.41) is 5.02. The average molecular weight is 355 g/mol. The number of imide groups is 1. The van der Waals surface area contributed by atoms with E-state index in [0.717, 1.165) is 28.3 Å². The molecule has 2 heterocycles. The summed E-state index contributed by atoms with van der Waals surface area (Å²) in [5.74, 6) is -3.59. The van der Waals surface area contributed by atoms with Crippen LogP contribution in [0.4, 0.5) is 5.69 Å². The van der Waals surface area contributed by atoms with E-state index >= 15 is 0 Å². The fourth-order valence-electron chi connectivity index (χ4n) is 3.33. The van der Waals surface area contributed by atoms with Crippen molar-refractivity contribution in [1.82, 2.24) is 5.01 Å². The van der Waals surface area contributed by atoms with Gasteiger partial charge < -0.3 is 4.74 Å². The fraction of sp³-hybridized carbons (Fsp3) is 0.389. The highest BCUT2D eigenvalue weighted by Gasteiger charge is 2.61. The third-order valence-corrected chi connectivity index (χ3v) is 4.89. The van der Waals surface area contributed by atoms with E-state index in [1.807, 2.05) is 6.92 Å². The van der Waals surface area contributed by atoms with Gasteiger partial charge in [0, 0.05) is 5.92 Å². The summed E-state index contributed by atoms with van der Waals surface area (Å²) in [4.78, 5) is 51.6. The number of nitrogens with zero attached hydrogens (tertiary/aromatic N) is 3. The number of amides is 3. The van der Waals surface area contributed by atoms with Gasteiger partial charge in [0.05, 0.1) is 12.8 Å². The lowest BCUT2D eigenvalue weighted by Crippen LogP contribution is -2.42. The van der Waals surface area contributed by atoms with Crippen molar-refractivity contribution in [3.63, 3.8) is 0 Å². The van der Waals surface area contributed by atoms with Gasteiger partial charge >= 0.3 is 5.97 Å². The van der Waals surface area contributed by atoms with E-state index in [1.54, 1.807) is 24.3 Å².